The molecule has 0 heterocycles. The zero-order valence-electron chi connectivity index (χ0n) is 3.87. The molecule has 8 heavy (non-hydrogen) atoms. The van der Waals surface area contributed by atoms with Gasteiger partial charge in [-0.25, -0.2) is 4.39 Å². The molecule has 0 aromatic rings. The third-order valence-corrected chi connectivity index (χ3v) is 2.32. The molecule has 50 valence electrons. The van der Waals surface area contributed by atoms with E-state index in [1.54, 1.807) is 0 Å². The molecule has 0 amide bonds. The van der Waals surface area contributed by atoms with Crippen molar-refractivity contribution >= 4 is 21.9 Å². The zero-order valence-corrected chi connectivity index (χ0v) is 5.51. The van der Waals surface area contributed by atoms with Gasteiger partial charge in [0.2, 0.25) is 0 Å². The molecule has 0 aliphatic carbocycles. The van der Waals surface area contributed by atoms with Crippen LogP contribution in [0.25, 0.3) is 0 Å². The van der Waals surface area contributed by atoms with Crippen LogP contribution in [0.15, 0.2) is 0 Å². The van der Waals surface area contributed by atoms with E-state index in [-0.39, 0.29) is 0 Å². The van der Waals surface area contributed by atoms with Crippen molar-refractivity contribution in [1.82, 2.24) is 0 Å². The Morgan fingerprint density at radius 2 is 2.12 bits per heavy atom. The minimum absolute atomic E-state index is 0.510. The van der Waals surface area contributed by atoms with Crippen LogP contribution in [0.4, 0.5) is 4.39 Å². The first kappa shape index (κ1) is 8.19. The summed E-state index contributed by atoms with van der Waals surface area (Å²) in [5, 5.41) is -0.566. The number of halogens is 1. The van der Waals surface area contributed by atoms with Crippen molar-refractivity contribution in [3.8, 4) is 0 Å². The smallest absolute Gasteiger partial charge is 0.274 e. The van der Waals surface area contributed by atoms with Crippen LogP contribution in [0.1, 0.15) is 0 Å². The molecule has 0 atom stereocenters. The monoisotopic (exact) mass is 160 g/mol. The molecule has 0 rings (SSSR count). The first-order valence-electron chi connectivity index (χ1n) is 1.65. The molecule has 0 aliphatic rings. The second-order valence-corrected chi connectivity index (χ2v) is 3.75. The van der Waals surface area contributed by atoms with Gasteiger partial charge in [-0.1, -0.05) is 0 Å². The Bertz CT molecular complexity index is 139. The highest BCUT2D eigenvalue weighted by Crippen LogP contribution is 2.02. The fourth-order valence-electron chi connectivity index (χ4n) is 0.137. The maximum absolute atomic E-state index is 11.1. The molecule has 0 saturated heterocycles. The summed E-state index contributed by atoms with van der Waals surface area (Å²) in [6.45, 7) is 0. The molecule has 0 unspecified atom stereocenters. The number of rotatable bonds is 3. The first-order valence-corrected chi connectivity index (χ1v) is 4.41. The van der Waals surface area contributed by atoms with Crippen LogP contribution < -0.4 is 0 Å². The Morgan fingerprint density at radius 3 is 2.25 bits per heavy atom. The van der Waals surface area contributed by atoms with Gasteiger partial charge in [0.15, 0.2) is 0 Å². The van der Waals surface area contributed by atoms with Crippen LogP contribution in [0, 0.1) is 0 Å². The Kier molecular flexibility index (Phi) is 3.34. The summed E-state index contributed by atoms with van der Waals surface area (Å²) in [5.41, 5.74) is 0. The van der Waals surface area contributed by atoms with Crippen molar-refractivity contribution < 1.29 is 17.4 Å². The average molecular weight is 160 g/mol. The lowest BCUT2D eigenvalue weighted by atomic mass is 11.8. The lowest BCUT2D eigenvalue weighted by Crippen LogP contribution is -1.99. The van der Waals surface area contributed by atoms with E-state index in [1.165, 1.54) is 0 Å². The fraction of sp³-hybridized carbons (Fsp3) is 1.00. The lowest BCUT2D eigenvalue weighted by Gasteiger charge is -1.88. The van der Waals surface area contributed by atoms with Gasteiger partial charge in [-0.05, 0) is 0 Å². The van der Waals surface area contributed by atoms with Crippen LogP contribution in [0.2, 0.25) is 0 Å². The maximum atomic E-state index is 11.1. The molecule has 3 nitrogen and oxygen atoms in total. The normalized spacial score (nSPS) is 11.8. The molecule has 0 radical (unpaired) electrons. The number of hydrogen-bond acceptors (Lipinski definition) is 3. The summed E-state index contributed by atoms with van der Waals surface area (Å²) >= 11 is 0.510. The van der Waals surface area contributed by atoms with E-state index in [0.717, 1.165) is 0 Å². The highest BCUT2D eigenvalue weighted by Gasteiger charge is 2.01. The molecule has 6 heteroatoms. The van der Waals surface area contributed by atoms with Gasteiger partial charge in [-0.3, -0.25) is 4.55 Å². The average Bonchev–Trinajstić information content (AvgIpc) is 1.59. The molecular formula is C2H5FO3S2. The van der Waals surface area contributed by atoms with Crippen molar-refractivity contribution in [2.75, 3.05) is 11.1 Å². The lowest BCUT2D eigenvalue weighted by molar-refractivity contribution is 0.488. The van der Waals surface area contributed by atoms with E-state index in [9.17, 15) is 12.8 Å². The van der Waals surface area contributed by atoms with Gasteiger partial charge in [0, 0.05) is 0 Å². The van der Waals surface area contributed by atoms with E-state index >= 15 is 0 Å². The van der Waals surface area contributed by atoms with Crippen molar-refractivity contribution in [2.45, 2.75) is 0 Å². The summed E-state index contributed by atoms with van der Waals surface area (Å²) in [6, 6.07) is -0.792. The van der Waals surface area contributed by atoms with Crippen molar-refractivity contribution in [3.05, 3.63) is 0 Å². The molecule has 0 aliphatic heterocycles. The van der Waals surface area contributed by atoms with Gasteiger partial charge in [0.1, 0.15) is 11.1 Å². The van der Waals surface area contributed by atoms with Gasteiger partial charge < -0.3 is 0 Å². The SMILES string of the molecule is O=S(=O)(O)CSCF. The molecule has 0 aromatic carbocycles. The predicted octanol–water partition coefficient (Wildman–Crippen LogP) is 0.492. The van der Waals surface area contributed by atoms with Crippen LogP contribution in [-0.2, 0) is 10.1 Å². The summed E-state index contributed by atoms with van der Waals surface area (Å²) in [7, 11) is -3.96. The molecule has 0 bridgehead atoms. The minimum atomic E-state index is -3.96. The van der Waals surface area contributed by atoms with E-state index in [2.05, 4.69) is 0 Å². The predicted molar refractivity (Wildman–Crippen MR) is 30.0 cm³/mol. The second kappa shape index (κ2) is 3.26. The zero-order chi connectivity index (χ0) is 6.62. The Labute approximate surface area is 51.0 Å². The molecule has 0 saturated carbocycles. The van der Waals surface area contributed by atoms with Crippen LogP contribution in [-0.4, -0.2) is 24.1 Å². The quantitative estimate of drug-likeness (QED) is 0.610. The van der Waals surface area contributed by atoms with Crippen molar-refractivity contribution in [2.24, 2.45) is 0 Å². The van der Waals surface area contributed by atoms with Crippen molar-refractivity contribution in [1.29, 1.82) is 0 Å². The number of hydrogen-bond donors (Lipinski definition) is 1. The first-order chi connectivity index (χ1) is 3.56. The molecule has 0 spiro atoms. The van der Waals surface area contributed by atoms with Crippen LogP contribution >= 0.6 is 11.8 Å². The Morgan fingerprint density at radius 1 is 1.62 bits per heavy atom. The van der Waals surface area contributed by atoms with Gasteiger partial charge in [0.25, 0.3) is 10.1 Å². The molecule has 1 N–H and O–H groups in total. The molecule has 0 aromatic heterocycles. The topological polar surface area (TPSA) is 54.4 Å². The third kappa shape index (κ3) is 6.19. The number of thioether (sulfide) groups is 1. The van der Waals surface area contributed by atoms with Crippen molar-refractivity contribution in [3.63, 3.8) is 0 Å². The van der Waals surface area contributed by atoms with Gasteiger partial charge in [-0.2, -0.15) is 8.42 Å². The summed E-state index contributed by atoms with van der Waals surface area (Å²) in [5.74, 6) is 0. The van der Waals surface area contributed by atoms with E-state index in [0.29, 0.717) is 11.8 Å². The molecule has 0 fully saturated rings. The molecular weight excluding hydrogens is 155 g/mol. The summed E-state index contributed by atoms with van der Waals surface area (Å²) in [4.78, 5) is 0. The van der Waals surface area contributed by atoms with E-state index in [4.69, 9.17) is 4.55 Å². The third-order valence-electron chi connectivity index (χ3n) is 0.309. The Balaban J connectivity index is 3.42. The summed E-state index contributed by atoms with van der Waals surface area (Å²) < 4.78 is 38.6. The Hall–Kier alpha value is 0.190. The van der Waals surface area contributed by atoms with Crippen LogP contribution in [0.5, 0.6) is 0 Å². The van der Waals surface area contributed by atoms with Gasteiger partial charge in [-0.15, -0.1) is 11.8 Å². The van der Waals surface area contributed by atoms with Crippen LogP contribution in [0.3, 0.4) is 0 Å². The van der Waals surface area contributed by atoms with Gasteiger partial charge in [0.05, 0.1) is 0 Å². The summed E-state index contributed by atoms with van der Waals surface area (Å²) in [6.07, 6.45) is 0. The number of alkyl halides is 1. The minimum Gasteiger partial charge on any atom is -0.285 e. The highest BCUT2D eigenvalue weighted by atomic mass is 32.3. The van der Waals surface area contributed by atoms with E-state index in [1.807, 2.05) is 0 Å². The highest BCUT2D eigenvalue weighted by molar-refractivity contribution is 8.10. The maximum Gasteiger partial charge on any atom is 0.274 e. The standard InChI is InChI=1S/C2H5FO3S2/c3-1-7-2-8(4,5)6/h1-2H2,(H,4,5,6). The largest absolute Gasteiger partial charge is 0.285 e. The van der Waals surface area contributed by atoms with Gasteiger partial charge >= 0.3 is 0 Å². The second-order valence-electron chi connectivity index (χ2n) is 1.01. The fourth-order valence-corrected chi connectivity index (χ4v) is 1.23. The van der Waals surface area contributed by atoms with E-state index < -0.39 is 21.2 Å².